The van der Waals surface area contributed by atoms with Crippen LogP contribution < -0.4 is 0 Å². The van der Waals surface area contributed by atoms with Gasteiger partial charge in [-0.25, -0.2) is 4.98 Å². The number of benzene rings is 1. The molecule has 2 heterocycles. The van der Waals surface area contributed by atoms with Crippen molar-refractivity contribution in [3.63, 3.8) is 0 Å². The lowest BCUT2D eigenvalue weighted by Gasteiger charge is -1.87. The van der Waals surface area contributed by atoms with Crippen LogP contribution in [-0.2, 0) is 0 Å². The molecule has 1 aromatic carbocycles. The first-order chi connectivity index (χ1) is 6.45. The van der Waals surface area contributed by atoms with Crippen LogP contribution >= 0.6 is 0 Å². The molecule has 2 heteroatoms. The summed E-state index contributed by atoms with van der Waals surface area (Å²) in [5, 5.41) is 2.43. The Labute approximate surface area is 82.6 Å². The minimum atomic E-state index is 0. The van der Waals surface area contributed by atoms with E-state index in [1.807, 2.05) is 18.2 Å². The summed E-state index contributed by atoms with van der Waals surface area (Å²) < 4.78 is 0. The zero-order valence-corrected chi connectivity index (χ0v) is 6.99. The van der Waals surface area contributed by atoms with Crippen molar-refractivity contribution >= 4 is 21.9 Å². The Morgan fingerprint density at radius 2 is 1.71 bits per heavy atom. The van der Waals surface area contributed by atoms with E-state index < -0.39 is 0 Å². The Kier molecular flexibility index (Phi) is 1.97. The smallest absolute Gasteiger partial charge is 0.138 e. The highest BCUT2D eigenvalue weighted by molar-refractivity contribution is 6.05. The van der Waals surface area contributed by atoms with Crippen molar-refractivity contribution in [3.8, 4) is 0 Å². The van der Waals surface area contributed by atoms with E-state index in [0.717, 1.165) is 11.2 Å². The molecule has 0 fully saturated rings. The molecule has 0 saturated carbocycles. The lowest BCUT2D eigenvalue weighted by molar-refractivity contribution is 1.35. The Balaban J connectivity index is 0.000000750. The van der Waals surface area contributed by atoms with Gasteiger partial charge in [0.15, 0.2) is 0 Å². The number of pyridine rings is 1. The molecule has 0 aliphatic carbocycles. The summed E-state index contributed by atoms with van der Waals surface area (Å²) in [5.74, 6) is 0. The summed E-state index contributed by atoms with van der Waals surface area (Å²) in [6.45, 7) is 0. The second-order valence-electron chi connectivity index (χ2n) is 3.07. The molecule has 3 rings (SSSR count). The third-order valence-corrected chi connectivity index (χ3v) is 2.28. The summed E-state index contributed by atoms with van der Waals surface area (Å²) >= 11 is 0. The van der Waals surface area contributed by atoms with E-state index >= 15 is 0 Å². The molecule has 0 spiro atoms. The summed E-state index contributed by atoms with van der Waals surface area (Å²) in [5.41, 5.74) is 2.11. The van der Waals surface area contributed by atoms with Crippen molar-refractivity contribution in [2.75, 3.05) is 0 Å². The summed E-state index contributed by atoms with van der Waals surface area (Å²) in [7, 11) is 0. The Morgan fingerprint density at radius 3 is 2.64 bits per heavy atom. The maximum atomic E-state index is 4.26. The maximum absolute atomic E-state index is 4.26. The topological polar surface area (TPSA) is 28.7 Å². The molecule has 0 saturated heterocycles. The Bertz CT molecular complexity index is 516. The number of hydrogen-bond donors (Lipinski definition) is 1. The van der Waals surface area contributed by atoms with Crippen LogP contribution in [0.25, 0.3) is 21.9 Å². The van der Waals surface area contributed by atoms with E-state index in [9.17, 15) is 0 Å². The van der Waals surface area contributed by atoms with Crippen molar-refractivity contribution < 1.29 is 0 Å². The van der Waals surface area contributed by atoms with Gasteiger partial charge in [0.2, 0.25) is 0 Å². The molecule has 70 valence electrons. The van der Waals surface area contributed by atoms with E-state index in [1.165, 1.54) is 10.8 Å². The second kappa shape index (κ2) is 3.14. The van der Waals surface area contributed by atoms with Gasteiger partial charge in [-0.3, -0.25) is 0 Å². The highest BCUT2D eigenvalue weighted by Gasteiger charge is 2.01. The van der Waals surface area contributed by atoms with Gasteiger partial charge in [0.25, 0.3) is 0 Å². The summed E-state index contributed by atoms with van der Waals surface area (Å²) in [6, 6.07) is 12.3. The van der Waals surface area contributed by atoms with Crippen LogP contribution in [0.4, 0.5) is 0 Å². The van der Waals surface area contributed by atoms with Gasteiger partial charge in [0.1, 0.15) is 5.65 Å². The standard InChI is InChI=1S/C11H8N2.CH4/c1-2-6-10-8(4-1)9-5-3-7-12-11(9)13-10;/h1-7H,(H,12,13);1H4. The average Bonchev–Trinajstić information content (AvgIpc) is 2.56. The van der Waals surface area contributed by atoms with Crippen molar-refractivity contribution in [1.82, 2.24) is 9.97 Å². The minimum absolute atomic E-state index is 0. The van der Waals surface area contributed by atoms with E-state index in [1.54, 1.807) is 6.20 Å². The quantitative estimate of drug-likeness (QED) is 0.570. The average molecular weight is 184 g/mol. The minimum Gasteiger partial charge on any atom is -0.339 e. The zero-order valence-electron chi connectivity index (χ0n) is 6.99. The monoisotopic (exact) mass is 184 g/mol. The number of aromatic nitrogens is 2. The van der Waals surface area contributed by atoms with E-state index in [0.29, 0.717) is 0 Å². The Morgan fingerprint density at radius 1 is 0.929 bits per heavy atom. The van der Waals surface area contributed by atoms with Gasteiger partial charge in [-0.05, 0) is 18.2 Å². The lowest BCUT2D eigenvalue weighted by atomic mass is 10.2. The molecule has 0 unspecified atom stereocenters. The second-order valence-corrected chi connectivity index (χ2v) is 3.07. The first kappa shape index (κ1) is 8.75. The fraction of sp³-hybridized carbons (Fsp3) is 0.0833. The van der Waals surface area contributed by atoms with Crippen LogP contribution in [0.5, 0.6) is 0 Å². The van der Waals surface area contributed by atoms with Crippen LogP contribution in [0, 0.1) is 0 Å². The van der Waals surface area contributed by atoms with Crippen molar-refractivity contribution in [3.05, 3.63) is 42.6 Å². The van der Waals surface area contributed by atoms with Gasteiger partial charge < -0.3 is 4.98 Å². The van der Waals surface area contributed by atoms with Gasteiger partial charge >= 0.3 is 0 Å². The number of fused-ring (bicyclic) bond motifs is 3. The third kappa shape index (κ3) is 1.08. The molecular weight excluding hydrogens is 172 g/mol. The fourth-order valence-corrected chi connectivity index (χ4v) is 1.68. The molecule has 0 aliphatic heterocycles. The van der Waals surface area contributed by atoms with Crippen LogP contribution in [0.3, 0.4) is 0 Å². The molecule has 2 nitrogen and oxygen atoms in total. The highest BCUT2D eigenvalue weighted by Crippen LogP contribution is 2.22. The predicted molar refractivity (Wildman–Crippen MR) is 60.3 cm³/mol. The largest absolute Gasteiger partial charge is 0.339 e. The van der Waals surface area contributed by atoms with E-state index in [4.69, 9.17) is 0 Å². The zero-order chi connectivity index (χ0) is 8.67. The number of hydrogen-bond acceptors (Lipinski definition) is 1. The molecule has 0 radical (unpaired) electrons. The van der Waals surface area contributed by atoms with Crippen molar-refractivity contribution in [2.45, 2.75) is 7.43 Å². The predicted octanol–water partition coefficient (Wildman–Crippen LogP) is 3.35. The molecule has 0 bridgehead atoms. The first-order valence-electron chi connectivity index (χ1n) is 4.26. The van der Waals surface area contributed by atoms with Gasteiger partial charge in [-0.2, -0.15) is 0 Å². The van der Waals surface area contributed by atoms with Crippen molar-refractivity contribution in [1.29, 1.82) is 0 Å². The molecule has 0 atom stereocenters. The van der Waals surface area contributed by atoms with E-state index in [-0.39, 0.29) is 7.43 Å². The number of H-pyrrole nitrogens is 1. The molecule has 0 amide bonds. The molecule has 2 aromatic heterocycles. The maximum Gasteiger partial charge on any atom is 0.138 e. The third-order valence-electron chi connectivity index (χ3n) is 2.28. The van der Waals surface area contributed by atoms with Crippen LogP contribution in [0.15, 0.2) is 42.6 Å². The Hall–Kier alpha value is -1.83. The molecule has 0 aliphatic rings. The van der Waals surface area contributed by atoms with E-state index in [2.05, 4.69) is 28.2 Å². The molecule has 3 aromatic rings. The molecule has 1 N–H and O–H groups in total. The SMILES string of the molecule is C.c1ccc2c(c1)[nH]c1ncccc12. The molecule has 14 heavy (non-hydrogen) atoms. The van der Waals surface area contributed by atoms with Crippen molar-refractivity contribution in [2.24, 2.45) is 0 Å². The van der Waals surface area contributed by atoms with Crippen LogP contribution in [0.2, 0.25) is 0 Å². The molecular formula is C12H12N2. The normalized spacial score (nSPS) is 10.3. The first-order valence-corrected chi connectivity index (χ1v) is 4.26. The summed E-state index contributed by atoms with van der Waals surface area (Å²) in [6.07, 6.45) is 1.80. The van der Waals surface area contributed by atoms with Gasteiger partial charge in [0, 0.05) is 22.5 Å². The highest BCUT2D eigenvalue weighted by atomic mass is 14.8. The van der Waals surface area contributed by atoms with Crippen LogP contribution in [-0.4, -0.2) is 9.97 Å². The van der Waals surface area contributed by atoms with Gasteiger partial charge in [0.05, 0.1) is 0 Å². The fourth-order valence-electron chi connectivity index (χ4n) is 1.68. The lowest BCUT2D eigenvalue weighted by Crippen LogP contribution is -1.71. The number of nitrogens with one attached hydrogen (secondary N) is 1. The number of nitrogens with zero attached hydrogens (tertiary/aromatic N) is 1. The van der Waals surface area contributed by atoms with Gasteiger partial charge in [-0.15, -0.1) is 0 Å². The summed E-state index contributed by atoms with van der Waals surface area (Å²) in [4.78, 5) is 7.53. The number of para-hydroxylation sites is 1. The van der Waals surface area contributed by atoms with Gasteiger partial charge in [-0.1, -0.05) is 25.6 Å². The van der Waals surface area contributed by atoms with Crippen LogP contribution in [0.1, 0.15) is 7.43 Å². The number of aromatic amines is 1. The number of rotatable bonds is 0.